The first-order valence-electron chi connectivity index (χ1n) is 12.3. The minimum absolute atomic E-state index is 0.243. The van der Waals surface area contributed by atoms with E-state index in [9.17, 15) is 5.11 Å². The third-order valence-electron chi connectivity index (χ3n) is 7.03. The van der Waals surface area contributed by atoms with Gasteiger partial charge in [0.1, 0.15) is 18.1 Å². The van der Waals surface area contributed by atoms with Crippen LogP contribution in [0.3, 0.4) is 0 Å². The number of aryl methyl sites for hydroxylation is 1. The van der Waals surface area contributed by atoms with Crippen molar-refractivity contribution < 1.29 is 9.84 Å². The van der Waals surface area contributed by atoms with Gasteiger partial charge in [-0.2, -0.15) is 0 Å². The van der Waals surface area contributed by atoms with Crippen LogP contribution < -0.4 is 9.64 Å². The highest BCUT2D eigenvalue weighted by molar-refractivity contribution is 5.66. The van der Waals surface area contributed by atoms with Crippen molar-refractivity contribution >= 4 is 5.69 Å². The summed E-state index contributed by atoms with van der Waals surface area (Å²) >= 11 is 0. The van der Waals surface area contributed by atoms with Gasteiger partial charge in [0.25, 0.3) is 0 Å². The Balaban J connectivity index is 1.30. The van der Waals surface area contributed by atoms with Gasteiger partial charge >= 0.3 is 0 Å². The fraction of sp³-hybridized carbons (Fsp3) is 0.379. The summed E-state index contributed by atoms with van der Waals surface area (Å²) in [6, 6.07) is 25.3. The Morgan fingerprint density at radius 1 is 0.848 bits per heavy atom. The first kappa shape index (κ1) is 21.8. The fourth-order valence-corrected chi connectivity index (χ4v) is 5.29. The molecule has 1 fully saturated rings. The molecule has 1 atom stereocenters. The second-order valence-corrected chi connectivity index (χ2v) is 9.27. The maximum Gasteiger partial charge on any atom is 0.139 e. The van der Waals surface area contributed by atoms with E-state index in [0.29, 0.717) is 5.75 Å². The number of anilines is 1. The quantitative estimate of drug-likeness (QED) is 0.490. The van der Waals surface area contributed by atoms with Crippen molar-refractivity contribution in [3.8, 4) is 11.5 Å². The molecule has 3 aromatic carbocycles. The largest absolute Gasteiger partial charge is 0.506 e. The lowest BCUT2D eigenvalue weighted by molar-refractivity contribution is 0.183. The maximum absolute atomic E-state index is 10.8. The van der Waals surface area contributed by atoms with Crippen LogP contribution in [0, 0.1) is 0 Å². The van der Waals surface area contributed by atoms with Crippen molar-refractivity contribution in [3.63, 3.8) is 0 Å². The van der Waals surface area contributed by atoms with E-state index in [-0.39, 0.29) is 6.04 Å². The Bertz CT molecular complexity index is 1030. The number of aromatic hydroxyl groups is 1. The summed E-state index contributed by atoms with van der Waals surface area (Å²) in [5.41, 5.74) is 4.71. The minimum Gasteiger partial charge on any atom is -0.506 e. The smallest absolute Gasteiger partial charge is 0.139 e. The molecule has 1 unspecified atom stereocenters. The van der Waals surface area contributed by atoms with Gasteiger partial charge < -0.3 is 14.7 Å². The van der Waals surface area contributed by atoms with Crippen molar-refractivity contribution in [1.29, 1.82) is 0 Å². The number of benzene rings is 3. The number of phenolic OH excluding ortho intramolecular Hbond substituents is 1. The zero-order chi connectivity index (χ0) is 22.5. The molecular weight excluding hydrogens is 408 g/mol. The van der Waals surface area contributed by atoms with Gasteiger partial charge in [0, 0.05) is 13.1 Å². The van der Waals surface area contributed by atoms with Crippen LogP contribution in [0.4, 0.5) is 5.69 Å². The molecule has 0 amide bonds. The van der Waals surface area contributed by atoms with E-state index in [1.54, 1.807) is 6.07 Å². The molecule has 172 valence electrons. The van der Waals surface area contributed by atoms with Gasteiger partial charge in [0.05, 0.1) is 11.7 Å². The molecule has 5 rings (SSSR count). The normalized spacial score (nSPS) is 18.7. The van der Waals surface area contributed by atoms with Gasteiger partial charge in [-0.25, -0.2) is 0 Å². The molecular formula is C29H34N2O2. The molecule has 0 bridgehead atoms. The average molecular weight is 443 g/mol. The van der Waals surface area contributed by atoms with Crippen LogP contribution in [0.1, 0.15) is 48.4 Å². The number of phenols is 1. The van der Waals surface area contributed by atoms with Gasteiger partial charge in [-0.3, -0.25) is 4.90 Å². The third kappa shape index (κ3) is 5.17. The van der Waals surface area contributed by atoms with Gasteiger partial charge in [-0.1, -0.05) is 61.0 Å². The van der Waals surface area contributed by atoms with Gasteiger partial charge in [-0.15, -0.1) is 0 Å². The summed E-state index contributed by atoms with van der Waals surface area (Å²) in [6.45, 7) is 4.90. The number of ether oxygens (including phenoxy) is 1. The number of nitrogens with zero attached hydrogens (tertiary/aromatic N) is 2. The van der Waals surface area contributed by atoms with E-state index in [2.05, 4.69) is 70.5 Å². The minimum atomic E-state index is 0.243. The van der Waals surface area contributed by atoms with Crippen molar-refractivity contribution in [1.82, 2.24) is 4.90 Å². The number of piperidine rings is 1. The zero-order valence-electron chi connectivity index (χ0n) is 19.3. The zero-order valence-corrected chi connectivity index (χ0v) is 19.3. The predicted octanol–water partition coefficient (Wildman–Crippen LogP) is 5.95. The highest BCUT2D eigenvalue weighted by Crippen LogP contribution is 2.44. The maximum atomic E-state index is 10.8. The first-order valence-corrected chi connectivity index (χ1v) is 12.3. The van der Waals surface area contributed by atoms with Crippen molar-refractivity contribution in [2.75, 3.05) is 31.1 Å². The summed E-state index contributed by atoms with van der Waals surface area (Å²) in [7, 11) is 0. The van der Waals surface area contributed by atoms with Crippen molar-refractivity contribution in [2.45, 2.75) is 44.7 Å². The van der Waals surface area contributed by atoms with Gasteiger partial charge in [0.15, 0.2) is 0 Å². The van der Waals surface area contributed by atoms with Gasteiger partial charge in [-0.05, 0) is 73.7 Å². The van der Waals surface area contributed by atoms with Crippen molar-refractivity contribution in [2.24, 2.45) is 0 Å². The summed E-state index contributed by atoms with van der Waals surface area (Å²) in [5.74, 6) is 1.29. The summed E-state index contributed by atoms with van der Waals surface area (Å²) in [4.78, 5) is 4.87. The van der Waals surface area contributed by atoms with E-state index < -0.39 is 0 Å². The number of hydrogen-bond donors (Lipinski definition) is 1. The second kappa shape index (κ2) is 10.3. The number of fused-ring (bicyclic) bond motifs is 1. The SMILES string of the molecule is Oc1cccc2c1N(Cc1ccc(OCCN3CCCCC3)cc1)C(c1ccccc1)CC2. The van der Waals surface area contributed by atoms with E-state index >= 15 is 0 Å². The summed E-state index contributed by atoms with van der Waals surface area (Å²) in [6.07, 6.45) is 6.01. The molecule has 1 saturated heterocycles. The molecule has 2 aliphatic heterocycles. The molecule has 0 radical (unpaired) electrons. The molecule has 3 aromatic rings. The number of para-hydroxylation sites is 1. The lowest BCUT2D eigenvalue weighted by Crippen LogP contribution is -2.33. The van der Waals surface area contributed by atoms with Crippen LogP contribution >= 0.6 is 0 Å². The van der Waals surface area contributed by atoms with Gasteiger partial charge in [0.2, 0.25) is 0 Å². The lowest BCUT2D eigenvalue weighted by Gasteiger charge is -2.39. The molecule has 0 aromatic heterocycles. The van der Waals surface area contributed by atoms with Crippen LogP contribution in [0.15, 0.2) is 72.8 Å². The van der Waals surface area contributed by atoms with E-state index in [1.165, 1.54) is 49.0 Å². The van der Waals surface area contributed by atoms with Crippen LogP contribution in [0.2, 0.25) is 0 Å². The Kier molecular flexibility index (Phi) is 6.82. The Morgan fingerprint density at radius 3 is 2.42 bits per heavy atom. The van der Waals surface area contributed by atoms with E-state index in [0.717, 1.165) is 44.0 Å². The Labute approximate surface area is 197 Å². The van der Waals surface area contributed by atoms with E-state index in [1.807, 2.05) is 6.07 Å². The molecule has 33 heavy (non-hydrogen) atoms. The molecule has 2 aliphatic rings. The highest BCUT2D eigenvalue weighted by Gasteiger charge is 2.29. The monoisotopic (exact) mass is 442 g/mol. The summed E-state index contributed by atoms with van der Waals surface area (Å²) < 4.78 is 6.02. The molecule has 4 nitrogen and oxygen atoms in total. The highest BCUT2D eigenvalue weighted by atomic mass is 16.5. The first-order chi connectivity index (χ1) is 16.3. The topological polar surface area (TPSA) is 35.9 Å². The molecule has 0 saturated carbocycles. The Morgan fingerprint density at radius 2 is 1.64 bits per heavy atom. The lowest BCUT2D eigenvalue weighted by atomic mass is 9.90. The predicted molar refractivity (Wildman–Crippen MR) is 134 cm³/mol. The fourth-order valence-electron chi connectivity index (χ4n) is 5.29. The summed E-state index contributed by atoms with van der Waals surface area (Å²) in [5, 5.41) is 10.8. The van der Waals surface area contributed by atoms with Crippen molar-refractivity contribution in [3.05, 3.63) is 89.5 Å². The van der Waals surface area contributed by atoms with E-state index in [4.69, 9.17) is 4.74 Å². The third-order valence-corrected chi connectivity index (χ3v) is 7.03. The molecule has 2 heterocycles. The molecule has 1 N–H and O–H groups in total. The number of hydrogen-bond acceptors (Lipinski definition) is 4. The van der Waals surface area contributed by atoms with Crippen LogP contribution in [0.5, 0.6) is 11.5 Å². The average Bonchev–Trinajstić information content (AvgIpc) is 2.86. The molecule has 4 heteroatoms. The number of rotatable bonds is 7. The van der Waals surface area contributed by atoms with Crippen LogP contribution in [0.25, 0.3) is 0 Å². The van der Waals surface area contributed by atoms with Crippen LogP contribution in [-0.4, -0.2) is 36.2 Å². The Hall–Kier alpha value is -2.98. The number of likely N-dealkylation sites (tertiary alicyclic amines) is 1. The molecule has 0 spiro atoms. The standard InChI is InChI=1S/C29H34N2O2/c32-28-11-7-10-25-14-17-27(24-8-3-1-4-9-24)31(29(25)28)22-23-12-15-26(16-13-23)33-21-20-30-18-5-2-6-19-30/h1,3-4,7-13,15-16,27,32H,2,5-6,14,17-22H2. The molecule has 0 aliphatic carbocycles. The van der Waals surface area contributed by atoms with Crippen LogP contribution in [-0.2, 0) is 13.0 Å². The second-order valence-electron chi connectivity index (χ2n) is 9.27.